The number of hydrogen-bond donors (Lipinski definition) is 0. The number of carbonyl (C=O) groups excluding carboxylic acids is 6. The Morgan fingerprint density at radius 3 is 1.17 bits per heavy atom. The van der Waals surface area contributed by atoms with Gasteiger partial charge in [0.2, 0.25) is 0 Å². The summed E-state index contributed by atoms with van der Waals surface area (Å²) in [6, 6.07) is 0. The summed E-state index contributed by atoms with van der Waals surface area (Å²) in [5.41, 5.74) is -4.93. The Hall–Kier alpha value is -2.56. The average Bonchev–Trinajstić information content (AvgIpc) is 1.02. The first-order valence-electron chi connectivity index (χ1n) is 30.6. The zero-order valence-corrected chi connectivity index (χ0v) is 49.5. The van der Waals surface area contributed by atoms with E-state index in [1.165, 1.54) is 12.8 Å². The molecule has 14 nitrogen and oxygen atoms in total. The number of esters is 6. The van der Waals surface area contributed by atoms with Crippen LogP contribution in [0.1, 0.15) is 218 Å². The summed E-state index contributed by atoms with van der Waals surface area (Å²) in [6.45, 7) is 17.5. The van der Waals surface area contributed by atoms with Crippen molar-refractivity contribution in [3.8, 4) is 0 Å². The molecule has 0 amide bonds. The minimum Gasteiger partial charge on any atom is -0.458 e. The highest BCUT2D eigenvalue weighted by atomic mass is 32.2. The van der Waals surface area contributed by atoms with Crippen molar-refractivity contribution in [2.75, 3.05) is 49.4 Å². The van der Waals surface area contributed by atoms with Crippen LogP contribution in [0.5, 0.6) is 0 Å². The Labute approximate surface area is 530 Å². The molecule has 12 aliphatic carbocycles. The van der Waals surface area contributed by atoms with Crippen LogP contribution >= 0.6 is 23.5 Å². The van der Waals surface area contributed by atoms with Gasteiger partial charge in [-0.25, -0.2) is 0 Å². The molecule has 0 aromatic carbocycles. The van der Waals surface area contributed by atoms with Crippen molar-refractivity contribution in [3.05, 3.63) is 0 Å². The molecule has 0 radical (unpaired) electrons. The molecular formula is C70H122O14S2. The maximum absolute atomic E-state index is 14.7. The molecule has 0 aromatic rings. The van der Waals surface area contributed by atoms with Crippen molar-refractivity contribution < 1.29 is 66.7 Å². The number of thioether (sulfide) groups is 2. The minimum atomic E-state index is -1.02. The lowest BCUT2D eigenvalue weighted by Gasteiger charge is -2.59. The Morgan fingerprint density at radius 2 is 0.791 bits per heavy atom. The molecule has 2 saturated heterocycles. The number of rotatable bonds is 25. The van der Waals surface area contributed by atoms with Gasteiger partial charge in [0.25, 0.3) is 0 Å². The highest BCUT2D eigenvalue weighted by molar-refractivity contribution is 7.99. The SMILES string of the molecule is C.C.C.C.C.C.C.C.CC(C)(CC(C)(CSCCOCCOCCSCC(C)(CC(C)(C)C(=O)OC1(C)C2CC3CC(C2)CC1C3)C(=O)OC1C2CC3C(=O)OC1C3C2)C(=O)OC1(C)C2CC3CC(C2)CC1C3)C(=O)OC1C2CC3C(=O)OC1C3C2. The first-order valence-corrected chi connectivity index (χ1v) is 32.9. The van der Waals surface area contributed by atoms with Crippen LogP contribution in [-0.4, -0.2) is 121 Å². The smallest absolute Gasteiger partial charge is 0.313 e. The fraction of sp³-hybridized carbons (Fsp3) is 0.914. The highest BCUT2D eigenvalue weighted by Crippen LogP contribution is 2.63. The molecule has 12 saturated carbocycles. The van der Waals surface area contributed by atoms with E-state index in [-0.39, 0.29) is 156 Å². The first kappa shape index (κ1) is 75.9. The van der Waals surface area contributed by atoms with Gasteiger partial charge in [-0.2, -0.15) is 23.5 Å². The summed E-state index contributed by atoms with van der Waals surface area (Å²) in [4.78, 5) is 82.8. The van der Waals surface area contributed by atoms with Crippen LogP contribution in [0.25, 0.3) is 0 Å². The third-order valence-corrected chi connectivity index (χ3v) is 25.8. The second kappa shape index (κ2) is 28.1. The monoisotopic (exact) mass is 1250 g/mol. The number of hydrogen-bond acceptors (Lipinski definition) is 16. The summed E-state index contributed by atoms with van der Waals surface area (Å²) in [5, 5.41) is 0. The third-order valence-electron chi connectivity index (χ3n) is 23.2. The van der Waals surface area contributed by atoms with Gasteiger partial charge in [-0.05, 0) is 205 Å². The van der Waals surface area contributed by atoms with Crippen LogP contribution in [0.3, 0.4) is 0 Å². The van der Waals surface area contributed by atoms with E-state index in [2.05, 4.69) is 13.8 Å². The maximum Gasteiger partial charge on any atom is 0.313 e. The van der Waals surface area contributed by atoms with Gasteiger partial charge in [-0.1, -0.05) is 59.4 Å². The van der Waals surface area contributed by atoms with Gasteiger partial charge < -0.3 is 37.9 Å². The van der Waals surface area contributed by atoms with Gasteiger partial charge in [0.15, 0.2) is 0 Å². The largest absolute Gasteiger partial charge is 0.458 e. The summed E-state index contributed by atoms with van der Waals surface area (Å²) in [7, 11) is 0. The van der Waals surface area contributed by atoms with Crippen molar-refractivity contribution in [1.29, 1.82) is 0 Å². The molecule has 12 bridgehead atoms. The Kier molecular flexibility index (Phi) is 24.8. The fourth-order valence-electron chi connectivity index (χ4n) is 19.5. The Morgan fingerprint density at radius 1 is 0.453 bits per heavy atom. The van der Waals surface area contributed by atoms with Gasteiger partial charge in [-0.15, -0.1) is 0 Å². The second-order valence-corrected chi connectivity index (χ2v) is 32.1. The molecule has 86 heavy (non-hydrogen) atoms. The molecule has 0 N–H and O–H groups in total. The average molecular weight is 1250 g/mol. The molecule has 498 valence electrons. The van der Waals surface area contributed by atoms with E-state index in [1.54, 1.807) is 23.5 Å². The van der Waals surface area contributed by atoms with Crippen LogP contribution < -0.4 is 0 Å². The lowest BCUT2D eigenvalue weighted by atomic mass is 9.50. The van der Waals surface area contributed by atoms with Crippen LogP contribution in [0, 0.1) is 105 Å². The van der Waals surface area contributed by atoms with E-state index in [4.69, 9.17) is 37.9 Å². The molecule has 16 heteroatoms. The van der Waals surface area contributed by atoms with Crippen molar-refractivity contribution >= 4 is 59.3 Å². The highest BCUT2D eigenvalue weighted by Gasteiger charge is 2.66. The molecule has 14 fully saturated rings. The predicted octanol–water partition coefficient (Wildman–Crippen LogP) is 14.9. The lowest BCUT2D eigenvalue weighted by molar-refractivity contribution is -0.213. The molecule has 2 aliphatic heterocycles. The molecule has 12 unspecified atom stereocenters. The Balaban J connectivity index is 0.00000198. The predicted molar refractivity (Wildman–Crippen MR) is 345 cm³/mol. The van der Waals surface area contributed by atoms with E-state index in [0.29, 0.717) is 86.0 Å². The number of fused-ring (bicyclic) bond motifs is 2. The summed E-state index contributed by atoms with van der Waals surface area (Å²) >= 11 is 3.24. The van der Waals surface area contributed by atoms with Crippen LogP contribution in [0.15, 0.2) is 0 Å². The van der Waals surface area contributed by atoms with Crippen molar-refractivity contribution in [3.63, 3.8) is 0 Å². The first-order chi connectivity index (χ1) is 36.9. The van der Waals surface area contributed by atoms with Gasteiger partial charge in [0.05, 0.1) is 59.9 Å². The summed E-state index contributed by atoms with van der Waals surface area (Å²) < 4.78 is 49.6. The number of ether oxygens (including phenoxy) is 8. The molecule has 0 spiro atoms. The second-order valence-electron chi connectivity index (χ2n) is 29.9. The molecule has 0 aromatic heterocycles. The van der Waals surface area contributed by atoms with Gasteiger partial charge >= 0.3 is 35.8 Å². The molecule has 14 aliphatic rings. The van der Waals surface area contributed by atoms with Crippen molar-refractivity contribution in [1.82, 2.24) is 0 Å². The molecule has 12 atom stereocenters. The van der Waals surface area contributed by atoms with E-state index in [9.17, 15) is 28.8 Å². The standard InChI is InChI=1S/C62H90O14S2.8CH4/c1-57(2,53(65)73-47-37-25-43-45(27-37)51(63)71-49(43)47)29-60(6,56(68)76-62(8)41-21-35-16-36(23-41)24-42(62)22-35)32-78-14-12-70-10-9-69-11-13-77-31-59(5,55(67)74-48-38-26-44-46(28-38)52(64)72-50(44)48)30-58(3,4)54(66)75-61(7)39-17-33-15-34(19-39)20-40(61)18-33;;;;;;;;/h33-50H,9-32H2,1-8H3;8*1H4. The number of carbonyl (C=O) groups is 6. The van der Waals surface area contributed by atoms with Crippen molar-refractivity contribution in [2.24, 2.45) is 105 Å². The van der Waals surface area contributed by atoms with Crippen LogP contribution in [-0.2, 0) is 66.7 Å². The van der Waals surface area contributed by atoms with E-state index >= 15 is 0 Å². The fourth-order valence-corrected chi connectivity index (χ4v) is 21.6. The molecule has 2 heterocycles. The normalized spacial score (nSPS) is 39.1. The van der Waals surface area contributed by atoms with Gasteiger partial charge in [-0.3, -0.25) is 28.8 Å². The molecular weight excluding hydrogens is 1130 g/mol. The zero-order valence-electron chi connectivity index (χ0n) is 47.9. The summed E-state index contributed by atoms with van der Waals surface area (Å²) in [5.74, 6) is 5.43. The van der Waals surface area contributed by atoms with E-state index < -0.39 is 45.1 Å². The van der Waals surface area contributed by atoms with E-state index in [0.717, 1.165) is 87.9 Å². The zero-order chi connectivity index (χ0) is 54.9. The minimum absolute atomic E-state index is 0. The van der Waals surface area contributed by atoms with Crippen molar-refractivity contribution in [2.45, 2.75) is 253 Å². The third kappa shape index (κ3) is 13.7. The van der Waals surface area contributed by atoms with Crippen LogP contribution in [0.2, 0.25) is 0 Å². The lowest BCUT2D eigenvalue weighted by Crippen LogP contribution is -2.59. The van der Waals surface area contributed by atoms with E-state index in [1.807, 2.05) is 41.5 Å². The van der Waals surface area contributed by atoms with Crippen LogP contribution in [0.4, 0.5) is 0 Å². The van der Waals surface area contributed by atoms with Gasteiger partial charge in [0, 0.05) is 46.7 Å². The molecule has 14 rings (SSSR count). The topological polar surface area (TPSA) is 176 Å². The quantitative estimate of drug-likeness (QED) is 0.0479. The van der Waals surface area contributed by atoms with Gasteiger partial charge in [0.1, 0.15) is 35.6 Å². The Bertz CT molecular complexity index is 2320. The maximum atomic E-state index is 14.7. The summed E-state index contributed by atoms with van der Waals surface area (Å²) in [6.07, 6.45) is 13.6.